The normalized spacial score (nSPS) is 11.2. The van der Waals surface area contributed by atoms with E-state index in [9.17, 15) is 8.42 Å². The summed E-state index contributed by atoms with van der Waals surface area (Å²) in [6, 6.07) is 6.02. The molecule has 0 unspecified atom stereocenters. The maximum absolute atomic E-state index is 11.6. The molecule has 2 N–H and O–H groups in total. The molecule has 0 aliphatic heterocycles. The Kier molecular flexibility index (Phi) is 4.34. The highest BCUT2D eigenvalue weighted by atomic mass is 35.5. The zero-order chi connectivity index (χ0) is 13.1. The van der Waals surface area contributed by atoms with Crippen LogP contribution in [0.15, 0.2) is 18.2 Å². The first-order valence-corrected chi connectivity index (χ1v) is 6.70. The average molecular weight is 274 g/mol. The lowest BCUT2D eigenvalue weighted by Gasteiger charge is -2.12. The molecule has 0 radical (unpaired) electrons. The maximum atomic E-state index is 11.6. The van der Waals surface area contributed by atoms with E-state index in [1.165, 1.54) is 18.2 Å². The van der Waals surface area contributed by atoms with E-state index in [-0.39, 0.29) is 16.8 Å². The summed E-state index contributed by atoms with van der Waals surface area (Å²) in [5, 5.41) is 8.82. The Bertz CT molecular complexity index is 549. The fraction of sp³-hybridized carbons (Fsp3) is 0.300. The summed E-state index contributed by atoms with van der Waals surface area (Å²) < 4.78 is 27.8. The van der Waals surface area contributed by atoms with Gasteiger partial charge in [-0.1, -0.05) is 11.6 Å². The fourth-order valence-corrected chi connectivity index (χ4v) is 2.58. The summed E-state index contributed by atoms with van der Waals surface area (Å²) >= 11 is 5.84. The number of benzene rings is 1. The van der Waals surface area contributed by atoms with E-state index in [0.717, 1.165) is 0 Å². The second-order valence-electron chi connectivity index (χ2n) is 3.68. The summed E-state index contributed by atoms with van der Waals surface area (Å²) in [4.78, 5) is 0. The van der Waals surface area contributed by atoms with Gasteiger partial charge < -0.3 is 0 Å². The molecular formula is C10H12ClN3O2S. The number of rotatable bonds is 4. The highest BCUT2D eigenvalue weighted by molar-refractivity contribution is 7.90. The van der Waals surface area contributed by atoms with Crippen molar-refractivity contribution < 1.29 is 8.42 Å². The van der Waals surface area contributed by atoms with Crippen LogP contribution < -0.4 is 9.44 Å². The summed E-state index contributed by atoms with van der Waals surface area (Å²) in [5.41, 5.74) is 0.605. The monoisotopic (exact) mass is 273 g/mol. The van der Waals surface area contributed by atoms with E-state index in [4.69, 9.17) is 16.9 Å². The smallest absolute Gasteiger partial charge is 0.270 e. The quantitative estimate of drug-likeness (QED) is 0.878. The van der Waals surface area contributed by atoms with Crippen LogP contribution in [0.3, 0.4) is 0 Å². The SMILES string of the molecule is CC(C)NS(=O)(=O)Nc1ccc(C#N)cc1Cl. The third kappa shape index (κ3) is 4.23. The molecule has 0 saturated heterocycles. The van der Waals surface area contributed by atoms with Crippen molar-refractivity contribution in [2.75, 3.05) is 4.72 Å². The van der Waals surface area contributed by atoms with Crippen molar-refractivity contribution in [1.29, 1.82) is 5.26 Å². The minimum absolute atomic E-state index is 0.179. The lowest BCUT2D eigenvalue weighted by Crippen LogP contribution is -2.35. The second-order valence-corrected chi connectivity index (χ2v) is 5.54. The van der Waals surface area contributed by atoms with Gasteiger partial charge in [-0.25, -0.2) is 0 Å². The van der Waals surface area contributed by atoms with Crippen LogP contribution in [0.25, 0.3) is 0 Å². The molecule has 0 bridgehead atoms. The van der Waals surface area contributed by atoms with Crippen molar-refractivity contribution in [3.8, 4) is 6.07 Å². The standard InChI is InChI=1S/C10H12ClN3O2S/c1-7(2)13-17(15,16)14-10-4-3-8(6-12)5-9(10)11/h3-5,7,13-14H,1-2H3. The Balaban J connectivity index is 2.94. The van der Waals surface area contributed by atoms with Crippen molar-refractivity contribution in [3.05, 3.63) is 28.8 Å². The minimum atomic E-state index is -3.64. The Hall–Kier alpha value is -1.29. The summed E-state index contributed by atoms with van der Waals surface area (Å²) in [6.45, 7) is 3.42. The fourth-order valence-electron chi connectivity index (χ4n) is 1.15. The van der Waals surface area contributed by atoms with Gasteiger partial charge in [0, 0.05) is 6.04 Å². The number of anilines is 1. The first-order chi connectivity index (χ1) is 7.84. The van der Waals surface area contributed by atoms with Crippen molar-refractivity contribution in [2.45, 2.75) is 19.9 Å². The van der Waals surface area contributed by atoms with Gasteiger partial charge in [0.15, 0.2) is 0 Å². The van der Waals surface area contributed by atoms with Gasteiger partial charge in [-0.05, 0) is 32.0 Å². The molecule has 0 fully saturated rings. The van der Waals surface area contributed by atoms with Gasteiger partial charge in [-0.15, -0.1) is 0 Å². The molecule has 0 amide bonds. The third-order valence-electron chi connectivity index (χ3n) is 1.73. The van der Waals surface area contributed by atoms with Gasteiger partial charge in [0.2, 0.25) is 0 Å². The van der Waals surface area contributed by atoms with E-state index in [1.807, 2.05) is 6.07 Å². The topological polar surface area (TPSA) is 82.0 Å². The number of hydrogen-bond donors (Lipinski definition) is 2. The molecule has 0 spiro atoms. The molecule has 0 heterocycles. The van der Waals surface area contributed by atoms with Gasteiger partial charge in [-0.3, -0.25) is 4.72 Å². The molecular weight excluding hydrogens is 262 g/mol. The maximum Gasteiger partial charge on any atom is 0.299 e. The zero-order valence-corrected chi connectivity index (χ0v) is 10.9. The number of halogens is 1. The summed E-state index contributed by atoms with van der Waals surface area (Å²) in [6.07, 6.45) is 0. The predicted octanol–water partition coefficient (Wildman–Crippen LogP) is 1.87. The molecule has 5 nitrogen and oxygen atoms in total. The van der Waals surface area contributed by atoms with E-state index in [0.29, 0.717) is 5.56 Å². The highest BCUT2D eigenvalue weighted by Gasteiger charge is 2.13. The first kappa shape index (κ1) is 13.8. The molecule has 0 aliphatic carbocycles. The first-order valence-electron chi connectivity index (χ1n) is 4.84. The Morgan fingerprint density at radius 2 is 2.06 bits per heavy atom. The zero-order valence-electron chi connectivity index (χ0n) is 9.36. The second kappa shape index (κ2) is 5.36. The number of hydrogen-bond acceptors (Lipinski definition) is 3. The van der Waals surface area contributed by atoms with Gasteiger partial charge >= 0.3 is 0 Å². The highest BCUT2D eigenvalue weighted by Crippen LogP contribution is 2.23. The molecule has 0 saturated carbocycles. The van der Waals surface area contributed by atoms with Gasteiger partial charge in [0.1, 0.15) is 0 Å². The molecule has 7 heteroatoms. The van der Waals surface area contributed by atoms with Crippen LogP contribution in [0.2, 0.25) is 5.02 Å². The van der Waals surface area contributed by atoms with E-state index in [1.54, 1.807) is 13.8 Å². The Labute approximate surface area is 106 Å². The van der Waals surface area contributed by atoms with Gasteiger partial charge in [0.05, 0.1) is 22.3 Å². The lowest BCUT2D eigenvalue weighted by molar-refractivity contribution is 0.575. The van der Waals surface area contributed by atoms with Crippen LogP contribution >= 0.6 is 11.6 Å². The molecule has 1 rings (SSSR count). The van der Waals surface area contributed by atoms with Crippen LogP contribution in [0.4, 0.5) is 5.69 Å². The van der Waals surface area contributed by atoms with Crippen LogP contribution in [-0.4, -0.2) is 14.5 Å². The largest absolute Gasteiger partial charge is 0.299 e. The van der Waals surface area contributed by atoms with Crippen LogP contribution in [0, 0.1) is 11.3 Å². The summed E-state index contributed by atoms with van der Waals surface area (Å²) in [5.74, 6) is 0. The van der Waals surface area contributed by atoms with Crippen LogP contribution in [0.1, 0.15) is 19.4 Å². The van der Waals surface area contributed by atoms with Crippen LogP contribution in [0.5, 0.6) is 0 Å². The molecule has 17 heavy (non-hydrogen) atoms. The van der Waals surface area contributed by atoms with Crippen LogP contribution in [-0.2, 0) is 10.2 Å². The lowest BCUT2D eigenvalue weighted by atomic mass is 10.2. The molecule has 1 aromatic carbocycles. The predicted molar refractivity (Wildman–Crippen MR) is 67.0 cm³/mol. The molecule has 1 aromatic rings. The average Bonchev–Trinajstić information content (AvgIpc) is 2.18. The molecule has 0 aromatic heterocycles. The minimum Gasteiger partial charge on any atom is -0.270 e. The Morgan fingerprint density at radius 1 is 1.41 bits per heavy atom. The van der Waals surface area contributed by atoms with E-state index < -0.39 is 10.2 Å². The van der Waals surface area contributed by atoms with Gasteiger partial charge in [-0.2, -0.15) is 18.4 Å². The van der Waals surface area contributed by atoms with E-state index in [2.05, 4.69) is 9.44 Å². The van der Waals surface area contributed by atoms with Crippen molar-refractivity contribution in [1.82, 2.24) is 4.72 Å². The van der Waals surface area contributed by atoms with E-state index >= 15 is 0 Å². The van der Waals surface area contributed by atoms with Gasteiger partial charge in [0.25, 0.3) is 10.2 Å². The van der Waals surface area contributed by atoms with Crippen molar-refractivity contribution in [3.63, 3.8) is 0 Å². The third-order valence-corrected chi connectivity index (χ3v) is 3.32. The number of nitrogens with zero attached hydrogens (tertiary/aromatic N) is 1. The molecule has 0 aliphatic rings. The summed E-state index contributed by atoms with van der Waals surface area (Å²) in [7, 11) is -3.64. The molecule has 92 valence electrons. The van der Waals surface area contributed by atoms with Crippen molar-refractivity contribution in [2.24, 2.45) is 0 Å². The number of nitriles is 1. The number of nitrogens with one attached hydrogen (secondary N) is 2. The molecule has 0 atom stereocenters. The Morgan fingerprint density at radius 3 is 2.53 bits per heavy atom. The van der Waals surface area contributed by atoms with Crippen molar-refractivity contribution >= 4 is 27.5 Å².